The normalized spacial score (nSPS) is 18.0. The van der Waals surface area contributed by atoms with Crippen molar-refractivity contribution in [2.45, 2.75) is 30.2 Å². The minimum Gasteiger partial charge on any atom is -0.477 e. The van der Waals surface area contributed by atoms with Gasteiger partial charge in [-0.05, 0) is 42.7 Å². The number of aromatic carboxylic acids is 1. The Morgan fingerprint density at radius 1 is 1.24 bits per heavy atom. The van der Waals surface area contributed by atoms with Crippen LogP contribution in [0.1, 0.15) is 41.2 Å². The van der Waals surface area contributed by atoms with Gasteiger partial charge in [-0.2, -0.15) is 4.31 Å². The summed E-state index contributed by atoms with van der Waals surface area (Å²) in [6.07, 6.45) is 6.76. The van der Waals surface area contributed by atoms with Crippen LogP contribution < -0.4 is 5.43 Å². The third kappa shape index (κ3) is 3.43. The van der Waals surface area contributed by atoms with E-state index < -0.39 is 27.0 Å². The van der Waals surface area contributed by atoms with E-state index in [2.05, 4.69) is 9.97 Å². The first-order valence-electron chi connectivity index (χ1n) is 9.20. The van der Waals surface area contributed by atoms with Gasteiger partial charge in [0, 0.05) is 36.0 Å². The number of hydrogen-bond donors (Lipinski definition) is 2. The Kier molecular flexibility index (Phi) is 4.93. The van der Waals surface area contributed by atoms with Gasteiger partial charge in [0.05, 0.1) is 10.9 Å². The Morgan fingerprint density at radius 2 is 2.07 bits per heavy atom. The predicted molar refractivity (Wildman–Crippen MR) is 106 cm³/mol. The SMILES string of the molecule is O=C(O)c1c[nH]c2ccc(S(=O)(=O)N3CCCC[C@H]3c3cccnc3)cc2c1=O. The van der Waals surface area contributed by atoms with Gasteiger partial charge in [-0.3, -0.25) is 9.78 Å². The van der Waals surface area contributed by atoms with E-state index in [1.54, 1.807) is 18.5 Å². The topological polar surface area (TPSA) is 120 Å². The molecule has 0 unspecified atom stereocenters. The lowest BCUT2D eigenvalue weighted by atomic mass is 9.99. The Balaban J connectivity index is 1.81. The molecule has 3 aromatic rings. The average molecular weight is 413 g/mol. The van der Waals surface area contributed by atoms with Crippen LogP contribution in [-0.4, -0.2) is 40.3 Å². The second-order valence-electron chi connectivity index (χ2n) is 6.96. The van der Waals surface area contributed by atoms with E-state index in [1.165, 1.54) is 22.5 Å². The van der Waals surface area contributed by atoms with E-state index in [4.69, 9.17) is 5.11 Å². The van der Waals surface area contributed by atoms with Crippen LogP contribution in [0.3, 0.4) is 0 Å². The van der Waals surface area contributed by atoms with Crippen LogP contribution in [-0.2, 0) is 10.0 Å². The van der Waals surface area contributed by atoms with Crippen molar-refractivity contribution in [2.75, 3.05) is 6.54 Å². The Labute approximate surface area is 166 Å². The number of benzene rings is 1. The predicted octanol–water partition coefficient (Wildman–Crippen LogP) is 2.54. The first kappa shape index (κ1) is 19.3. The number of H-pyrrole nitrogens is 1. The molecule has 9 heteroatoms. The maximum absolute atomic E-state index is 13.4. The first-order chi connectivity index (χ1) is 13.9. The molecule has 1 aromatic carbocycles. The monoisotopic (exact) mass is 413 g/mol. The van der Waals surface area contributed by atoms with Gasteiger partial charge >= 0.3 is 5.97 Å². The van der Waals surface area contributed by atoms with E-state index in [1.807, 2.05) is 6.07 Å². The van der Waals surface area contributed by atoms with Crippen LogP contribution in [0.5, 0.6) is 0 Å². The third-order valence-electron chi connectivity index (χ3n) is 5.21. The molecule has 1 atom stereocenters. The number of piperidine rings is 1. The molecule has 3 heterocycles. The van der Waals surface area contributed by atoms with E-state index >= 15 is 0 Å². The van der Waals surface area contributed by atoms with E-state index in [9.17, 15) is 18.0 Å². The third-order valence-corrected chi connectivity index (χ3v) is 7.12. The van der Waals surface area contributed by atoms with Crippen molar-refractivity contribution >= 4 is 26.9 Å². The Bertz CT molecular complexity index is 1240. The summed E-state index contributed by atoms with van der Waals surface area (Å²) < 4.78 is 28.3. The number of carboxylic acids is 1. The molecule has 150 valence electrons. The molecule has 0 spiro atoms. The van der Waals surface area contributed by atoms with Crippen LogP contribution >= 0.6 is 0 Å². The van der Waals surface area contributed by atoms with Crippen molar-refractivity contribution in [2.24, 2.45) is 0 Å². The van der Waals surface area contributed by atoms with Crippen LogP contribution in [0, 0.1) is 0 Å². The van der Waals surface area contributed by atoms with E-state index in [0.29, 0.717) is 18.5 Å². The average Bonchev–Trinajstić information content (AvgIpc) is 2.74. The zero-order valence-electron chi connectivity index (χ0n) is 15.4. The zero-order valence-corrected chi connectivity index (χ0v) is 16.2. The molecule has 2 N–H and O–H groups in total. The summed E-state index contributed by atoms with van der Waals surface area (Å²) in [5.74, 6) is -1.37. The molecule has 0 aliphatic carbocycles. The summed E-state index contributed by atoms with van der Waals surface area (Å²) in [6.45, 7) is 0.367. The summed E-state index contributed by atoms with van der Waals surface area (Å²) in [7, 11) is -3.90. The van der Waals surface area contributed by atoms with Crippen LogP contribution in [0.2, 0.25) is 0 Å². The van der Waals surface area contributed by atoms with Gasteiger partial charge in [-0.1, -0.05) is 12.5 Å². The molecule has 29 heavy (non-hydrogen) atoms. The van der Waals surface area contributed by atoms with Crippen molar-refractivity contribution in [1.29, 1.82) is 0 Å². The Morgan fingerprint density at radius 3 is 2.79 bits per heavy atom. The van der Waals surface area contributed by atoms with Gasteiger partial charge < -0.3 is 10.1 Å². The van der Waals surface area contributed by atoms with Crippen molar-refractivity contribution in [1.82, 2.24) is 14.3 Å². The van der Waals surface area contributed by atoms with Crippen molar-refractivity contribution < 1.29 is 18.3 Å². The molecule has 0 bridgehead atoms. The number of pyridine rings is 2. The summed E-state index contributed by atoms with van der Waals surface area (Å²) in [4.78, 5) is 30.5. The maximum atomic E-state index is 13.4. The molecule has 0 saturated carbocycles. The fourth-order valence-corrected chi connectivity index (χ4v) is 5.46. The van der Waals surface area contributed by atoms with Crippen LogP contribution in [0.25, 0.3) is 10.9 Å². The second kappa shape index (κ2) is 7.41. The highest BCUT2D eigenvalue weighted by Gasteiger charge is 2.34. The van der Waals surface area contributed by atoms with Crippen molar-refractivity contribution in [3.63, 3.8) is 0 Å². The highest BCUT2D eigenvalue weighted by Crippen LogP contribution is 2.35. The van der Waals surface area contributed by atoms with Gasteiger partial charge in [0.15, 0.2) is 0 Å². The number of nitrogens with one attached hydrogen (secondary N) is 1. The molecule has 1 fully saturated rings. The highest BCUT2D eigenvalue weighted by molar-refractivity contribution is 7.89. The molecule has 4 rings (SSSR count). The van der Waals surface area contributed by atoms with Gasteiger partial charge in [-0.25, -0.2) is 13.2 Å². The molecule has 1 aliphatic rings. The van der Waals surface area contributed by atoms with Crippen molar-refractivity contribution in [3.8, 4) is 0 Å². The quantitative estimate of drug-likeness (QED) is 0.678. The largest absolute Gasteiger partial charge is 0.477 e. The smallest absolute Gasteiger partial charge is 0.341 e. The molecule has 1 saturated heterocycles. The molecule has 8 nitrogen and oxygen atoms in total. The summed E-state index contributed by atoms with van der Waals surface area (Å²) in [6, 6.07) is 7.47. The Hall–Kier alpha value is -3.04. The maximum Gasteiger partial charge on any atom is 0.341 e. The molecular formula is C20H19N3O5S. The fraction of sp³-hybridized carbons (Fsp3) is 0.250. The molecule has 0 radical (unpaired) electrons. The number of rotatable bonds is 4. The van der Waals surface area contributed by atoms with Gasteiger partial charge in [0.2, 0.25) is 15.5 Å². The second-order valence-corrected chi connectivity index (χ2v) is 8.85. The molecule has 0 amide bonds. The zero-order chi connectivity index (χ0) is 20.6. The molecular weight excluding hydrogens is 394 g/mol. The number of hydrogen-bond acceptors (Lipinski definition) is 5. The number of aromatic nitrogens is 2. The summed E-state index contributed by atoms with van der Waals surface area (Å²) in [5.41, 5.74) is 0.0491. The first-order valence-corrected chi connectivity index (χ1v) is 10.6. The lowest BCUT2D eigenvalue weighted by Gasteiger charge is -2.34. The number of carboxylic acid groups (broad SMARTS) is 1. The minimum absolute atomic E-state index is 0.0286. The highest BCUT2D eigenvalue weighted by atomic mass is 32.2. The van der Waals surface area contributed by atoms with Crippen molar-refractivity contribution in [3.05, 3.63) is 70.3 Å². The number of sulfonamides is 1. The lowest BCUT2D eigenvalue weighted by Crippen LogP contribution is -2.38. The standard InChI is InChI=1S/C20H19N3O5S/c24-19-15-10-14(6-7-17(15)22-12-16(19)20(25)26)29(27,28)23-9-2-1-5-18(23)13-4-3-8-21-11-13/h3-4,6-8,10-12,18H,1-2,5,9H2,(H,22,24)(H,25,26)/t18-/m0/s1. The minimum atomic E-state index is -3.90. The summed E-state index contributed by atoms with van der Waals surface area (Å²) in [5, 5.41) is 9.20. The van der Waals surface area contributed by atoms with Crippen LogP contribution in [0.15, 0.2) is 58.6 Å². The van der Waals surface area contributed by atoms with Gasteiger partial charge in [0.25, 0.3) is 0 Å². The number of nitrogens with zero attached hydrogens (tertiary/aromatic N) is 2. The van der Waals surface area contributed by atoms with E-state index in [-0.39, 0.29) is 16.3 Å². The van der Waals surface area contributed by atoms with E-state index in [0.717, 1.165) is 24.6 Å². The fourth-order valence-electron chi connectivity index (χ4n) is 3.75. The number of carbonyl (C=O) groups is 1. The molecule has 1 aliphatic heterocycles. The number of fused-ring (bicyclic) bond motifs is 1. The number of aromatic amines is 1. The summed E-state index contributed by atoms with van der Waals surface area (Å²) >= 11 is 0. The lowest BCUT2D eigenvalue weighted by molar-refractivity contribution is 0.0695. The van der Waals surface area contributed by atoms with Crippen LogP contribution in [0.4, 0.5) is 0 Å². The molecule has 2 aromatic heterocycles. The van der Waals surface area contributed by atoms with Gasteiger partial charge in [-0.15, -0.1) is 0 Å². The van der Waals surface area contributed by atoms with Gasteiger partial charge in [0.1, 0.15) is 5.56 Å².